The first kappa shape index (κ1) is 22.7. The SMILES string of the molecule is NCCCCCCNC(N)CCOCCOCCOCCCN. The van der Waals surface area contributed by atoms with Crippen molar-refractivity contribution in [2.24, 2.45) is 17.2 Å². The van der Waals surface area contributed by atoms with E-state index in [-0.39, 0.29) is 6.17 Å². The summed E-state index contributed by atoms with van der Waals surface area (Å²) < 4.78 is 16.2. The molecule has 7 nitrogen and oxygen atoms in total. The number of ether oxygens (including phenoxy) is 3. The Labute approximate surface area is 141 Å². The van der Waals surface area contributed by atoms with Gasteiger partial charge in [0.15, 0.2) is 0 Å². The molecule has 1 atom stereocenters. The van der Waals surface area contributed by atoms with Crippen LogP contribution < -0.4 is 22.5 Å². The highest BCUT2D eigenvalue weighted by molar-refractivity contribution is 4.58. The second kappa shape index (κ2) is 19.8. The second-order valence-corrected chi connectivity index (χ2v) is 5.53. The van der Waals surface area contributed by atoms with Gasteiger partial charge in [-0.25, -0.2) is 0 Å². The highest BCUT2D eigenvalue weighted by Gasteiger charge is 2.01. The van der Waals surface area contributed by atoms with Crippen molar-refractivity contribution in [2.75, 3.05) is 59.3 Å². The van der Waals surface area contributed by atoms with E-state index in [1.807, 2.05) is 0 Å². The van der Waals surface area contributed by atoms with Crippen molar-refractivity contribution in [2.45, 2.75) is 44.7 Å². The van der Waals surface area contributed by atoms with Crippen LogP contribution in [0.5, 0.6) is 0 Å². The van der Waals surface area contributed by atoms with Crippen molar-refractivity contribution in [3.05, 3.63) is 0 Å². The van der Waals surface area contributed by atoms with Crippen molar-refractivity contribution in [3.8, 4) is 0 Å². The van der Waals surface area contributed by atoms with Crippen molar-refractivity contribution in [1.82, 2.24) is 5.32 Å². The predicted octanol–water partition coefficient (Wildman–Crippen LogP) is 0.169. The maximum atomic E-state index is 5.97. The van der Waals surface area contributed by atoms with E-state index in [1.54, 1.807) is 0 Å². The fraction of sp³-hybridized carbons (Fsp3) is 1.00. The van der Waals surface area contributed by atoms with Crippen LogP contribution in [-0.2, 0) is 14.2 Å². The van der Waals surface area contributed by atoms with Crippen LogP contribution in [0.25, 0.3) is 0 Å². The van der Waals surface area contributed by atoms with Crippen molar-refractivity contribution in [1.29, 1.82) is 0 Å². The Hall–Kier alpha value is -0.280. The number of hydrogen-bond donors (Lipinski definition) is 4. The minimum absolute atomic E-state index is 0.00127. The Bertz CT molecular complexity index is 224. The van der Waals surface area contributed by atoms with Gasteiger partial charge in [-0.3, -0.25) is 0 Å². The third-order valence-electron chi connectivity index (χ3n) is 3.35. The summed E-state index contributed by atoms with van der Waals surface area (Å²) in [5, 5.41) is 3.30. The zero-order valence-electron chi connectivity index (χ0n) is 14.6. The molecule has 0 spiro atoms. The lowest BCUT2D eigenvalue weighted by atomic mass is 10.2. The molecule has 140 valence electrons. The zero-order chi connectivity index (χ0) is 17.0. The highest BCUT2D eigenvalue weighted by atomic mass is 16.5. The van der Waals surface area contributed by atoms with E-state index in [9.17, 15) is 0 Å². The van der Waals surface area contributed by atoms with Gasteiger partial charge in [0.1, 0.15) is 0 Å². The molecule has 23 heavy (non-hydrogen) atoms. The minimum Gasteiger partial charge on any atom is -0.379 e. The fourth-order valence-corrected chi connectivity index (χ4v) is 1.95. The van der Waals surface area contributed by atoms with Crippen LogP contribution in [0.1, 0.15) is 38.5 Å². The van der Waals surface area contributed by atoms with E-state index in [4.69, 9.17) is 31.4 Å². The van der Waals surface area contributed by atoms with Gasteiger partial charge in [-0.05, 0) is 45.3 Å². The largest absolute Gasteiger partial charge is 0.379 e. The Morgan fingerprint density at radius 3 is 1.87 bits per heavy atom. The number of unbranched alkanes of at least 4 members (excludes halogenated alkanes) is 3. The van der Waals surface area contributed by atoms with Gasteiger partial charge < -0.3 is 36.7 Å². The molecule has 0 aromatic heterocycles. The average molecular weight is 335 g/mol. The quantitative estimate of drug-likeness (QED) is 0.196. The van der Waals surface area contributed by atoms with E-state index in [0.717, 1.165) is 38.8 Å². The van der Waals surface area contributed by atoms with Crippen LogP contribution in [-0.4, -0.2) is 65.4 Å². The van der Waals surface area contributed by atoms with Crippen LogP contribution in [0, 0.1) is 0 Å². The van der Waals surface area contributed by atoms with Gasteiger partial charge in [-0.1, -0.05) is 12.8 Å². The van der Waals surface area contributed by atoms with Gasteiger partial charge in [0.05, 0.1) is 32.6 Å². The van der Waals surface area contributed by atoms with Gasteiger partial charge in [0, 0.05) is 13.2 Å². The smallest absolute Gasteiger partial charge is 0.0701 e. The third-order valence-corrected chi connectivity index (χ3v) is 3.35. The van der Waals surface area contributed by atoms with Crippen LogP contribution in [0.3, 0.4) is 0 Å². The van der Waals surface area contributed by atoms with E-state index < -0.39 is 0 Å². The maximum absolute atomic E-state index is 5.97. The van der Waals surface area contributed by atoms with Crippen LogP contribution in [0.2, 0.25) is 0 Å². The van der Waals surface area contributed by atoms with Gasteiger partial charge in [0.2, 0.25) is 0 Å². The lowest BCUT2D eigenvalue weighted by Crippen LogP contribution is -2.38. The molecule has 0 saturated carbocycles. The minimum atomic E-state index is 0.00127. The van der Waals surface area contributed by atoms with Gasteiger partial charge in [-0.2, -0.15) is 0 Å². The van der Waals surface area contributed by atoms with E-state index in [0.29, 0.717) is 46.2 Å². The normalized spacial score (nSPS) is 12.7. The standard InChI is InChI=1S/C16H38N4O3/c17-7-3-1-2-4-9-20-16(19)6-11-22-13-15-23-14-12-21-10-5-8-18/h16,20H,1-15,17-19H2. The van der Waals surface area contributed by atoms with Crippen molar-refractivity contribution < 1.29 is 14.2 Å². The van der Waals surface area contributed by atoms with E-state index >= 15 is 0 Å². The molecule has 1 unspecified atom stereocenters. The summed E-state index contributed by atoms with van der Waals surface area (Å²) in [7, 11) is 0. The first-order valence-electron chi connectivity index (χ1n) is 8.93. The molecular formula is C16H38N4O3. The van der Waals surface area contributed by atoms with E-state index in [2.05, 4.69) is 5.32 Å². The number of hydrogen-bond acceptors (Lipinski definition) is 7. The molecule has 0 aromatic carbocycles. The number of rotatable bonds is 19. The van der Waals surface area contributed by atoms with Crippen molar-refractivity contribution in [3.63, 3.8) is 0 Å². The topological polar surface area (TPSA) is 118 Å². The first-order chi connectivity index (χ1) is 11.3. The van der Waals surface area contributed by atoms with Crippen LogP contribution >= 0.6 is 0 Å². The lowest BCUT2D eigenvalue weighted by molar-refractivity contribution is 0.0130. The van der Waals surface area contributed by atoms with Crippen LogP contribution in [0.4, 0.5) is 0 Å². The average Bonchev–Trinajstić information content (AvgIpc) is 2.56. The number of nitrogens with two attached hydrogens (primary N) is 3. The summed E-state index contributed by atoms with van der Waals surface area (Å²) in [6.45, 7) is 6.15. The first-order valence-corrected chi connectivity index (χ1v) is 8.93. The molecule has 0 amide bonds. The molecule has 0 heterocycles. The number of nitrogens with one attached hydrogen (secondary N) is 1. The lowest BCUT2D eigenvalue weighted by Gasteiger charge is -2.14. The van der Waals surface area contributed by atoms with Crippen LogP contribution in [0.15, 0.2) is 0 Å². The van der Waals surface area contributed by atoms with Crippen molar-refractivity contribution >= 4 is 0 Å². The Morgan fingerprint density at radius 2 is 1.22 bits per heavy atom. The molecule has 0 bridgehead atoms. The molecule has 0 fully saturated rings. The Balaban J connectivity index is 3.10. The molecular weight excluding hydrogens is 296 g/mol. The summed E-state index contributed by atoms with van der Waals surface area (Å²) >= 11 is 0. The molecule has 0 aliphatic rings. The third kappa shape index (κ3) is 19.7. The summed E-state index contributed by atoms with van der Waals surface area (Å²) in [5.74, 6) is 0. The summed E-state index contributed by atoms with van der Waals surface area (Å²) in [4.78, 5) is 0. The molecule has 0 aromatic rings. The maximum Gasteiger partial charge on any atom is 0.0701 e. The van der Waals surface area contributed by atoms with E-state index in [1.165, 1.54) is 12.8 Å². The molecule has 0 saturated heterocycles. The zero-order valence-corrected chi connectivity index (χ0v) is 14.6. The summed E-state index contributed by atoms with van der Waals surface area (Å²) in [6.07, 6.45) is 6.38. The predicted molar refractivity (Wildman–Crippen MR) is 94.2 cm³/mol. The molecule has 0 rings (SSSR count). The van der Waals surface area contributed by atoms with Gasteiger partial charge >= 0.3 is 0 Å². The summed E-state index contributed by atoms with van der Waals surface area (Å²) in [6, 6.07) is 0. The summed E-state index contributed by atoms with van der Waals surface area (Å²) in [5.41, 5.74) is 16.8. The molecule has 0 aliphatic heterocycles. The molecule has 0 radical (unpaired) electrons. The molecule has 0 aliphatic carbocycles. The Kier molecular flexibility index (Phi) is 19.5. The highest BCUT2D eigenvalue weighted by Crippen LogP contribution is 1.97. The molecule has 7 N–H and O–H groups in total. The van der Waals surface area contributed by atoms with Gasteiger partial charge in [-0.15, -0.1) is 0 Å². The Morgan fingerprint density at radius 1 is 0.652 bits per heavy atom. The monoisotopic (exact) mass is 334 g/mol. The second-order valence-electron chi connectivity index (χ2n) is 5.53. The fourth-order valence-electron chi connectivity index (χ4n) is 1.95. The molecule has 7 heteroatoms. The van der Waals surface area contributed by atoms with Gasteiger partial charge in [0.25, 0.3) is 0 Å².